The highest BCUT2D eigenvalue weighted by atomic mass is 32.2. The molecule has 0 bridgehead atoms. The highest BCUT2D eigenvalue weighted by molar-refractivity contribution is 7.89. The van der Waals surface area contributed by atoms with Crippen LogP contribution in [0.5, 0.6) is 0 Å². The van der Waals surface area contributed by atoms with E-state index >= 15 is 0 Å². The summed E-state index contributed by atoms with van der Waals surface area (Å²) in [5, 5.41) is 1.85. The topological polar surface area (TPSA) is 46.2 Å². The van der Waals surface area contributed by atoms with Gasteiger partial charge in [0.15, 0.2) is 0 Å². The number of hydrogen-bond donors (Lipinski definition) is 1. The van der Waals surface area contributed by atoms with Gasteiger partial charge in [-0.1, -0.05) is 19.9 Å². The van der Waals surface area contributed by atoms with E-state index in [0.29, 0.717) is 6.07 Å². The van der Waals surface area contributed by atoms with Crippen LogP contribution in [0.15, 0.2) is 40.6 Å². The van der Waals surface area contributed by atoms with E-state index in [2.05, 4.69) is 4.72 Å². The van der Waals surface area contributed by atoms with Crippen LogP contribution < -0.4 is 4.72 Å². The molecule has 0 radical (unpaired) electrons. The molecule has 1 aromatic heterocycles. The summed E-state index contributed by atoms with van der Waals surface area (Å²) in [5.74, 6) is -1.85. The van der Waals surface area contributed by atoms with E-state index in [9.17, 15) is 17.2 Å². The third-order valence-corrected chi connectivity index (χ3v) is 5.32. The monoisotopic (exact) mass is 331 g/mol. The summed E-state index contributed by atoms with van der Waals surface area (Å²) in [7, 11) is -4.00. The molecular formula is C14H15F2NO2S2. The Morgan fingerprint density at radius 1 is 1.14 bits per heavy atom. The molecule has 1 aromatic carbocycles. The van der Waals surface area contributed by atoms with Crippen LogP contribution in [-0.2, 0) is 10.0 Å². The van der Waals surface area contributed by atoms with Gasteiger partial charge in [-0.3, -0.25) is 0 Å². The molecule has 0 saturated carbocycles. The summed E-state index contributed by atoms with van der Waals surface area (Å²) < 4.78 is 53.5. The Morgan fingerprint density at radius 3 is 2.24 bits per heavy atom. The van der Waals surface area contributed by atoms with Gasteiger partial charge in [-0.15, -0.1) is 11.3 Å². The molecule has 0 spiro atoms. The zero-order valence-electron chi connectivity index (χ0n) is 11.5. The molecule has 21 heavy (non-hydrogen) atoms. The Labute approximate surface area is 126 Å². The van der Waals surface area contributed by atoms with Crippen molar-refractivity contribution in [1.29, 1.82) is 0 Å². The summed E-state index contributed by atoms with van der Waals surface area (Å²) in [6.45, 7) is 3.75. The van der Waals surface area contributed by atoms with Crippen LogP contribution in [0, 0.1) is 17.6 Å². The van der Waals surface area contributed by atoms with Crippen molar-refractivity contribution in [3.8, 4) is 0 Å². The maximum atomic E-state index is 13.2. The molecule has 0 aliphatic rings. The SMILES string of the molecule is CC(C)[C@@H](NS(=O)(=O)c1cc(F)cc(F)c1)c1cccs1. The Kier molecular flexibility index (Phi) is 4.75. The molecule has 0 aliphatic heterocycles. The Balaban J connectivity index is 2.35. The maximum Gasteiger partial charge on any atom is 0.241 e. The Hall–Kier alpha value is -1.31. The number of rotatable bonds is 5. The van der Waals surface area contributed by atoms with Gasteiger partial charge in [0.2, 0.25) is 10.0 Å². The third-order valence-electron chi connectivity index (χ3n) is 2.94. The van der Waals surface area contributed by atoms with Gasteiger partial charge in [0.25, 0.3) is 0 Å². The fourth-order valence-electron chi connectivity index (χ4n) is 1.91. The zero-order valence-corrected chi connectivity index (χ0v) is 13.1. The number of hydrogen-bond acceptors (Lipinski definition) is 3. The van der Waals surface area contributed by atoms with E-state index in [1.54, 1.807) is 0 Å². The lowest BCUT2D eigenvalue weighted by atomic mass is 10.0. The van der Waals surface area contributed by atoms with E-state index < -0.39 is 32.6 Å². The van der Waals surface area contributed by atoms with Crippen molar-refractivity contribution >= 4 is 21.4 Å². The summed E-state index contributed by atoms with van der Waals surface area (Å²) in [6.07, 6.45) is 0. The van der Waals surface area contributed by atoms with E-state index in [0.717, 1.165) is 17.0 Å². The minimum Gasteiger partial charge on any atom is -0.207 e. The first kappa shape index (κ1) is 16.1. The molecule has 0 fully saturated rings. The minimum absolute atomic E-state index is 0.00293. The molecule has 1 heterocycles. The highest BCUT2D eigenvalue weighted by Gasteiger charge is 2.25. The van der Waals surface area contributed by atoms with Crippen molar-refractivity contribution in [3.05, 3.63) is 52.2 Å². The molecule has 0 aliphatic carbocycles. The predicted octanol–water partition coefficient (Wildman–Crippen LogP) is 3.70. The Morgan fingerprint density at radius 2 is 1.76 bits per heavy atom. The fraction of sp³-hybridized carbons (Fsp3) is 0.286. The van der Waals surface area contributed by atoms with Crippen LogP contribution in [0.3, 0.4) is 0 Å². The van der Waals surface area contributed by atoms with Gasteiger partial charge in [-0.2, -0.15) is 0 Å². The number of halogens is 2. The first-order chi connectivity index (χ1) is 9.79. The summed E-state index contributed by atoms with van der Waals surface area (Å²) >= 11 is 1.43. The predicted molar refractivity (Wildman–Crippen MR) is 78.6 cm³/mol. The lowest BCUT2D eigenvalue weighted by Crippen LogP contribution is -2.31. The number of sulfonamides is 1. The summed E-state index contributed by atoms with van der Waals surface area (Å²) in [4.78, 5) is 0.438. The number of nitrogens with one attached hydrogen (secondary N) is 1. The smallest absolute Gasteiger partial charge is 0.207 e. The van der Waals surface area contributed by atoms with E-state index in [-0.39, 0.29) is 5.92 Å². The second-order valence-corrected chi connectivity index (χ2v) is 7.66. The van der Waals surface area contributed by atoms with Crippen molar-refractivity contribution < 1.29 is 17.2 Å². The molecule has 1 N–H and O–H groups in total. The molecule has 2 rings (SSSR count). The maximum absolute atomic E-state index is 13.2. The Bertz CT molecular complexity index is 692. The van der Waals surface area contributed by atoms with Gasteiger partial charge < -0.3 is 0 Å². The van der Waals surface area contributed by atoms with Crippen molar-refractivity contribution in [1.82, 2.24) is 4.72 Å². The lowest BCUT2D eigenvalue weighted by Gasteiger charge is -2.21. The van der Waals surface area contributed by atoms with Gasteiger partial charge in [0.1, 0.15) is 11.6 Å². The quantitative estimate of drug-likeness (QED) is 0.908. The first-order valence-corrected chi connectivity index (χ1v) is 8.67. The average Bonchev–Trinajstić information content (AvgIpc) is 2.88. The first-order valence-electron chi connectivity index (χ1n) is 6.31. The van der Waals surface area contributed by atoms with E-state index in [1.807, 2.05) is 31.4 Å². The fourth-order valence-corrected chi connectivity index (χ4v) is 4.34. The second-order valence-electron chi connectivity index (χ2n) is 4.96. The van der Waals surface area contributed by atoms with Crippen LogP contribution in [0.2, 0.25) is 0 Å². The van der Waals surface area contributed by atoms with Crippen molar-refractivity contribution in [2.24, 2.45) is 5.92 Å². The van der Waals surface area contributed by atoms with Crippen LogP contribution >= 0.6 is 11.3 Å². The molecule has 0 saturated heterocycles. The van der Waals surface area contributed by atoms with Gasteiger partial charge in [0.05, 0.1) is 10.9 Å². The van der Waals surface area contributed by atoms with Crippen LogP contribution in [-0.4, -0.2) is 8.42 Å². The third kappa shape index (κ3) is 3.87. The molecule has 7 heteroatoms. The van der Waals surface area contributed by atoms with Crippen molar-refractivity contribution in [2.75, 3.05) is 0 Å². The zero-order chi connectivity index (χ0) is 15.6. The number of benzene rings is 1. The summed E-state index contributed by atoms with van der Waals surface area (Å²) in [6, 6.07) is 5.45. The van der Waals surface area contributed by atoms with Crippen LogP contribution in [0.4, 0.5) is 8.78 Å². The molecule has 2 aromatic rings. The van der Waals surface area contributed by atoms with Crippen LogP contribution in [0.25, 0.3) is 0 Å². The summed E-state index contributed by atoms with van der Waals surface area (Å²) in [5.41, 5.74) is 0. The van der Waals surface area contributed by atoms with Crippen molar-refractivity contribution in [3.63, 3.8) is 0 Å². The number of thiophene rings is 1. The van der Waals surface area contributed by atoms with Gasteiger partial charge in [-0.25, -0.2) is 21.9 Å². The normalized spacial score (nSPS) is 13.6. The largest absolute Gasteiger partial charge is 0.241 e. The molecule has 114 valence electrons. The molecule has 0 amide bonds. The molecule has 0 unspecified atom stereocenters. The van der Waals surface area contributed by atoms with Gasteiger partial charge in [-0.05, 0) is 29.5 Å². The second kappa shape index (κ2) is 6.21. The minimum atomic E-state index is -4.00. The van der Waals surface area contributed by atoms with Crippen LogP contribution in [0.1, 0.15) is 24.8 Å². The lowest BCUT2D eigenvalue weighted by molar-refractivity contribution is 0.468. The molecule has 1 atom stereocenters. The standard InChI is InChI=1S/C14H15F2NO2S2/c1-9(2)14(13-4-3-5-20-13)17-21(18,19)12-7-10(15)6-11(16)8-12/h3-9,14,17H,1-2H3/t14-/m1/s1. The molecular weight excluding hydrogens is 316 g/mol. The molecule has 3 nitrogen and oxygen atoms in total. The van der Waals surface area contributed by atoms with E-state index in [1.165, 1.54) is 11.3 Å². The average molecular weight is 331 g/mol. The van der Waals surface area contributed by atoms with Gasteiger partial charge >= 0.3 is 0 Å². The van der Waals surface area contributed by atoms with Gasteiger partial charge in [0, 0.05) is 10.9 Å². The highest BCUT2D eigenvalue weighted by Crippen LogP contribution is 2.28. The van der Waals surface area contributed by atoms with Crippen molar-refractivity contribution in [2.45, 2.75) is 24.8 Å². The van der Waals surface area contributed by atoms with E-state index in [4.69, 9.17) is 0 Å².